The highest BCUT2D eigenvalue weighted by atomic mass is 15.2. The third-order valence-corrected chi connectivity index (χ3v) is 6.21. The van der Waals surface area contributed by atoms with Crippen LogP contribution in [0.15, 0.2) is 70.9 Å². The molecule has 1 aliphatic heterocycles. The predicted molar refractivity (Wildman–Crippen MR) is 85.5 cm³/mol. The number of hydrogen-bond acceptors (Lipinski definition) is 2. The van der Waals surface area contributed by atoms with Crippen LogP contribution < -0.4 is 0 Å². The fraction of sp³-hybridized carbons (Fsp3) is 0.300. The first kappa shape index (κ1) is 11.4. The molecule has 3 aliphatic carbocycles. The van der Waals surface area contributed by atoms with Crippen molar-refractivity contribution in [1.29, 1.82) is 0 Å². The largest absolute Gasteiger partial charge is 0.188 e. The van der Waals surface area contributed by atoms with Gasteiger partial charge in [-0.1, -0.05) is 60.7 Å². The van der Waals surface area contributed by atoms with Gasteiger partial charge in [0.15, 0.2) is 0 Å². The standard InChI is InChI=1S/C20H16N2/c1-3-7-16-14(5-1)15-6-2-4-8-17(15)20(16)18-12-9-10-13(11-12)19(18)21-22-20/h1-10,12-13,18-19H,11H2/t12-,13+,18-,19+/m1/s1. The molecule has 22 heavy (non-hydrogen) atoms. The summed E-state index contributed by atoms with van der Waals surface area (Å²) in [4.78, 5) is 0. The van der Waals surface area contributed by atoms with E-state index in [-0.39, 0.29) is 5.54 Å². The lowest BCUT2D eigenvalue weighted by molar-refractivity contribution is 0.309. The Balaban J connectivity index is 1.70. The van der Waals surface area contributed by atoms with E-state index >= 15 is 0 Å². The third kappa shape index (κ3) is 1.06. The van der Waals surface area contributed by atoms with Gasteiger partial charge in [-0.05, 0) is 34.6 Å². The maximum Gasteiger partial charge on any atom is 0.138 e. The molecule has 1 heterocycles. The second-order valence-electron chi connectivity index (χ2n) is 7.04. The number of nitrogens with zero attached hydrogens (tertiary/aromatic N) is 2. The Kier molecular flexibility index (Phi) is 1.84. The van der Waals surface area contributed by atoms with Crippen molar-refractivity contribution in [3.8, 4) is 11.1 Å². The summed E-state index contributed by atoms with van der Waals surface area (Å²) in [6.45, 7) is 0. The Labute approximate surface area is 129 Å². The maximum atomic E-state index is 4.96. The van der Waals surface area contributed by atoms with Gasteiger partial charge in [-0.15, -0.1) is 0 Å². The number of azo groups is 1. The molecule has 2 bridgehead atoms. The number of rotatable bonds is 0. The van der Waals surface area contributed by atoms with Gasteiger partial charge in [0.2, 0.25) is 0 Å². The quantitative estimate of drug-likeness (QED) is 0.633. The average molecular weight is 284 g/mol. The summed E-state index contributed by atoms with van der Waals surface area (Å²) >= 11 is 0. The van der Waals surface area contributed by atoms with E-state index in [1.54, 1.807) is 0 Å². The molecule has 0 unspecified atom stereocenters. The lowest BCUT2D eigenvalue weighted by Crippen LogP contribution is -2.37. The van der Waals surface area contributed by atoms with Crippen molar-refractivity contribution in [3.63, 3.8) is 0 Å². The van der Waals surface area contributed by atoms with Crippen molar-refractivity contribution in [2.24, 2.45) is 28.0 Å². The zero-order valence-electron chi connectivity index (χ0n) is 12.2. The van der Waals surface area contributed by atoms with Gasteiger partial charge in [0, 0.05) is 11.8 Å². The molecular formula is C20H16N2. The summed E-state index contributed by atoms with van der Waals surface area (Å²) in [7, 11) is 0. The average Bonchev–Trinajstić information content (AvgIpc) is 3.31. The van der Waals surface area contributed by atoms with Crippen LogP contribution in [-0.2, 0) is 5.54 Å². The first-order chi connectivity index (χ1) is 10.9. The molecule has 2 aromatic rings. The SMILES string of the molecule is C1=C[C@H]2C[C@@H]1[C@@H]1[C@H]2N=NC12c1ccccc1-c1ccccc12. The van der Waals surface area contributed by atoms with Crippen molar-refractivity contribution >= 4 is 0 Å². The molecule has 1 spiro atoms. The van der Waals surface area contributed by atoms with E-state index < -0.39 is 0 Å². The van der Waals surface area contributed by atoms with Gasteiger partial charge in [-0.2, -0.15) is 10.2 Å². The molecule has 0 aromatic heterocycles. The fourth-order valence-corrected chi connectivity index (χ4v) is 5.45. The third-order valence-electron chi connectivity index (χ3n) is 6.21. The van der Waals surface area contributed by atoms with Crippen molar-refractivity contribution in [2.75, 3.05) is 0 Å². The van der Waals surface area contributed by atoms with Crippen LogP contribution in [0.4, 0.5) is 0 Å². The minimum Gasteiger partial charge on any atom is -0.188 e. The first-order valence-corrected chi connectivity index (χ1v) is 8.19. The lowest BCUT2D eigenvalue weighted by Gasteiger charge is -2.33. The smallest absolute Gasteiger partial charge is 0.138 e. The highest BCUT2D eigenvalue weighted by Crippen LogP contribution is 2.64. The summed E-state index contributed by atoms with van der Waals surface area (Å²) < 4.78 is 0. The summed E-state index contributed by atoms with van der Waals surface area (Å²) in [5.74, 6) is 1.74. The molecule has 106 valence electrons. The summed E-state index contributed by atoms with van der Waals surface area (Å²) in [5, 5.41) is 9.75. The zero-order valence-corrected chi connectivity index (χ0v) is 12.2. The van der Waals surface area contributed by atoms with Crippen LogP contribution in [0, 0.1) is 17.8 Å². The molecule has 2 heteroatoms. The molecule has 4 atom stereocenters. The van der Waals surface area contributed by atoms with Crippen molar-refractivity contribution in [1.82, 2.24) is 0 Å². The van der Waals surface area contributed by atoms with Gasteiger partial charge >= 0.3 is 0 Å². The Morgan fingerprint density at radius 3 is 2.18 bits per heavy atom. The van der Waals surface area contributed by atoms with Gasteiger partial charge < -0.3 is 0 Å². The summed E-state index contributed by atoms with van der Waals surface area (Å²) in [5.41, 5.74) is 5.21. The number of benzene rings is 2. The van der Waals surface area contributed by atoms with Crippen molar-refractivity contribution in [2.45, 2.75) is 18.0 Å². The molecule has 4 aliphatic rings. The van der Waals surface area contributed by atoms with E-state index in [4.69, 9.17) is 10.2 Å². The number of fused-ring (bicyclic) bond motifs is 11. The van der Waals surface area contributed by atoms with Crippen LogP contribution in [0.25, 0.3) is 11.1 Å². The van der Waals surface area contributed by atoms with Crippen LogP contribution in [0.5, 0.6) is 0 Å². The highest BCUT2D eigenvalue weighted by Gasteiger charge is 2.62. The van der Waals surface area contributed by atoms with E-state index in [1.807, 2.05) is 0 Å². The van der Waals surface area contributed by atoms with E-state index in [2.05, 4.69) is 60.7 Å². The molecule has 0 amide bonds. The lowest BCUT2D eigenvalue weighted by atomic mass is 9.70. The van der Waals surface area contributed by atoms with Crippen LogP contribution in [0.2, 0.25) is 0 Å². The summed E-state index contributed by atoms with van der Waals surface area (Å²) in [6.07, 6.45) is 6.06. The van der Waals surface area contributed by atoms with E-state index in [0.717, 1.165) is 0 Å². The Hall–Kier alpha value is -2.22. The van der Waals surface area contributed by atoms with E-state index in [1.165, 1.54) is 28.7 Å². The van der Waals surface area contributed by atoms with Crippen LogP contribution in [0.3, 0.4) is 0 Å². The van der Waals surface area contributed by atoms with Gasteiger partial charge in [0.25, 0.3) is 0 Å². The molecule has 2 nitrogen and oxygen atoms in total. The predicted octanol–water partition coefficient (Wildman–Crippen LogP) is 4.57. The van der Waals surface area contributed by atoms with Crippen molar-refractivity contribution in [3.05, 3.63) is 71.8 Å². The highest BCUT2D eigenvalue weighted by molar-refractivity contribution is 5.81. The van der Waals surface area contributed by atoms with E-state index in [9.17, 15) is 0 Å². The van der Waals surface area contributed by atoms with Crippen molar-refractivity contribution < 1.29 is 0 Å². The molecule has 0 radical (unpaired) electrons. The van der Waals surface area contributed by atoms with Gasteiger partial charge in [0.05, 0.1) is 6.04 Å². The molecule has 0 saturated heterocycles. The zero-order chi connectivity index (χ0) is 14.3. The molecular weight excluding hydrogens is 268 g/mol. The monoisotopic (exact) mass is 284 g/mol. The molecule has 6 rings (SSSR count). The normalized spacial score (nSPS) is 34.2. The first-order valence-electron chi connectivity index (χ1n) is 8.19. The minimum absolute atomic E-state index is 0.234. The molecule has 1 fully saturated rings. The second kappa shape index (κ2) is 3.57. The Morgan fingerprint density at radius 2 is 1.45 bits per heavy atom. The minimum atomic E-state index is -0.234. The van der Waals surface area contributed by atoms with Crippen LogP contribution in [-0.4, -0.2) is 6.04 Å². The molecule has 0 N–H and O–H groups in total. The molecule has 1 saturated carbocycles. The van der Waals surface area contributed by atoms with E-state index in [0.29, 0.717) is 23.8 Å². The van der Waals surface area contributed by atoms with Crippen LogP contribution in [0.1, 0.15) is 17.5 Å². The number of hydrogen-bond donors (Lipinski definition) is 0. The number of allylic oxidation sites excluding steroid dienone is 1. The van der Waals surface area contributed by atoms with Crippen LogP contribution >= 0.6 is 0 Å². The molecule has 2 aromatic carbocycles. The summed E-state index contributed by atoms with van der Waals surface area (Å²) in [6, 6.07) is 18.0. The fourth-order valence-electron chi connectivity index (χ4n) is 5.45. The second-order valence-corrected chi connectivity index (χ2v) is 7.04. The van der Waals surface area contributed by atoms with Gasteiger partial charge in [0.1, 0.15) is 5.54 Å². The Morgan fingerprint density at radius 1 is 0.818 bits per heavy atom. The maximum absolute atomic E-state index is 4.96. The van der Waals surface area contributed by atoms with Gasteiger partial charge in [-0.3, -0.25) is 0 Å². The topological polar surface area (TPSA) is 24.7 Å². The van der Waals surface area contributed by atoms with Gasteiger partial charge in [-0.25, -0.2) is 0 Å². The Bertz CT molecular complexity index is 818.